The van der Waals surface area contributed by atoms with E-state index < -0.39 is 24.1 Å². The Balaban J connectivity index is 2.59. The van der Waals surface area contributed by atoms with E-state index in [-0.39, 0.29) is 18.0 Å². The fourth-order valence-electron chi connectivity index (χ4n) is 1.29. The SMILES string of the molecule is CCOC(=O)CC(=O)Nc1ccc(OC)c(F)c1. The van der Waals surface area contributed by atoms with E-state index in [1.165, 1.54) is 19.2 Å². The Hall–Kier alpha value is -2.11. The van der Waals surface area contributed by atoms with E-state index in [1.807, 2.05) is 0 Å². The van der Waals surface area contributed by atoms with Crippen molar-refractivity contribution in [3.63, 3.8) is 0 Å². The van der Waals surface area contributed by atoms with Crippen molar-refractivity contribution in [3.8, 4) is 5.75 Å². The van der Waals surface area contributed by atoms with E-state index >= 15 is 0 Å². The number of carbonyl (C=O) groups is 2. The third kappa shape index (κ3) is 4.04. The fraction of sp³-hybridized carbons (Fsp3) is 0.333. The molecule has 0 aliphatic rings. The van der Waals surface area contributed by atoms with E-state index in [4.69, 9.17) is 4.74 Å². The zero-order chi connectivity index (χ0) is 13.5. The van der Waals surface area contributed by atoms with Crippen LogP contribution in [0.2, 0.25) is 0 Å². The van der Waals surface area contributed by atoms with E-state index in [2.05, 4.69) is 10.1 Å². The van der Waals surface area contributed by atoms with Crippen molar-refractivity contribution in [1.29, 1.82) is 0 Å². The summed E-state index contributed by atoms with van der Waals surface area (Å²) in [5, 5.41) is 2.39. The molecule has 0 heterocycles. The molecule has 1 rings (SSSR count). The fourth-order valence-corrected chi connectivity index (χ4v) is 1.29. The Kier molecular flexibility index (Phi) is 5.10. The number of halogens is 1. The number of hydrogen-bond acceptors (Lipinski definition) is 4. The van der Waals surface area contributed by atoms with Gasteiger partial charge in [0.05, 0.1) is 13.7 Å². The van der Waals surface area contributed by atoms with Gasteiger partial charge >= 0.3 is 5.97 Å². The van der Waals surface area contributed by atoms with Crippen LogP contribution in [-0.2, 0) is 14.3 Å². The van der Waals surface area contributed by atoms with Gasteiger partial charge in [0.1, 0.15) is 6.42 Å². The summed E-state index contributed by atoms with van der Waals surface area (Å²) in [6.07, 6.45) is -0.401. The average Bonchev–Trinajstić information content (AvgIpc) is 2.29. The first-order valence-corrected chi connectivity index (χ1v) is 5.35. The number of benzene rings is 1. The molecule has 0 aliphatic carbocycles. The number of hydrogen-bond donors (Lipinski definition) is 1. The number of amides is 1. The zero-order valence-corrected chi connectivity index (χ0v) is 10.2. The molecule has 0 spiro atoms. The van der Waals surface area contributed by atoms with Gasteiger partial charge in [-0.2, -0.15) is 0 Å². The largest absolute Gasteiger partial charge is 0.494 e. The van der Waals surface area contributed by atoms with Crippen LogP contribution in [-0.4, -0.2) is 25.6 Å². The second-order valence-electron chi connectivity index (χ2n) is 3.38. The number of ether oxygens (including phenoxy) is 2. The molecule has 5 nitrogen and oxygen atoms in total. The molecule has 0 fully saturated rings. The third-order valence-corrected chi connectivity index (χ3v) is 2.05. The Labute approximate surface area is 104 Å². The van der Waals surface area contributed by atoms with Crippen molar-refractivity contribution in [3.05, 3.63) is 24.0 Å². The summed E-state index contributed by atoms with van der Waals surface area (Å²) in [5.74, 6) is -1.69. The Morgan fingerprint density at radius 1 is 1.39 bits per heavy atom. The summed E-state index contributed by atoms with van der Waals surface area (Å²) < 4.78 is 22.7. The van der Waals surface area contributed by atoms with Gasteiger partial charge in [-0.1, -0.05) is 0 Å². The topological polar surface area (TPSA) is 64.6 Å². The molecule has 0 atom stereocenters. The molecule has 0 radical (unpaired) electrons. The summed E-state index contributed by atoms with van der Waals surface area (Å²) in [6.45, 7) is 1.86. The minimum atomic E-state index is -0.621. The lowest BCUT2D eigenvalue weighted by Crippen LogP contribution is -2.18. The maximum atomic E-state index is 13.3. The first-order valence-electron chi connectivity index (χ1n) is 5.35. The second-order valence-corrected chi connectivity index (χ2v) is 3.38. The van der Waals surface area contributed by atoms with Crippen molar-refractivity contribution < 1.29 is 23.5 Å². The van der Waals surface area contributed by atoms with Crippen LogP contribution in [0.15, 0.2) is 18.2 Å². The number of anilines is 1. The van der Waals surface area contributed by atoms with Crippen molar-refractivity contribution in [2.75, 3.05) is 19.0 Å². The van der Waals surface area contributed by atoms with Gasteiger partial charge in [0, 0.05) is 11.8 Å². The highest BCUT2D eigenvalue weighted by molar-refractivity contribution is 6.01. The van der Waals surface area contributed by atoms with Gasteiger partial charge in [-0.15, -0.1) is 0 Å². The highest BCUT2D eigenvalue weighted by Crippen LogP contribution is 2.20. The number of rotatable bonds is 5. The van der Waals surface area contributed by atoms with Gasteiger partial charge in [0.15, 0.2) is 11.6 Å². The monoisotopic (exact) mass is 255 g/mol. The van der Waals surface area contributed by atoms with Crippen LogP contribution in [0.5, 0.6) is 5.75 Å². The molecule has 1 aromatic rings. The molecule has 0 bridgehead atoms. The quantitative estimate of drug-likeness (QED) is 0.642. The second kappa shape index (κ2) is 6.58. The molecule has 1 N–H and O–H groups in total. The van der Waals surface area contributed by atoms with E-state index in [0.29, 0.717) is 0 Å². The summed E-state index contributed by atoms with van der Waals surface area (Å²) in [7, 11) is 1.34. The Morgan fingerprint density at radius 3 is 2.67 bits per heavy atom. The van der Waals surface area contributed by atoms with Crippen molar-refractivity contribution in [2.24, 2.45) is 0 Å². The molecule has 0 saturated heterocycles. The van der Waals surface area contributed by atoms with E-state index in [0.717, 1.165) is 6.07 Å². The summed E-state index contributed by atoms with van der Waals surface area (Å²) >= 11 is 0. The molecule has 18 heavy (non-hydrogen) atoms. The predicted octanol–water partition coefficient (Wildman–Crippen LogP) is 1.73. The molecule has 98 valence electrons. The lowest BCUT2D eigenvalue weighted by molar-refractivity contribution is -0.145. The lowest BCUT2D eigenvalue weighted by Gasteiger charge is -2.07. The van der Waals surface area contributed by atoms with Gasteiger partial charge in [0.2, 0.25) is 5.91 Å². The molecular formula is C12H14FNO4. The predicted molar refractivity (Wildman–Crippen MR) is 62.8 cm³/mol. The molecule has 1 amide bonds. The lowest BCUT2D eigenvalue weighted by atomic mass is 10.2. The molecule has 0 aromatic heterocycles. The number of esters is 1. The summed E-state index contributed by atoms with van der Waals surface area (Å²) in [5.41, 5.74) is 0.252. The molecule has 0 aliphatic heterocycles. The normalized spacial score (nSPS) is 9.72. The molecule has 0 saturated carbocycles. The van der Waals surface area contributed by atoms with Crippen molar-refractivity contribution in [2.45, 2.75) is 13.3 Å². The average molecular weight is 255 g/mol. The standard InChI is InChI=1S/C12H14FNO4/c1-3-18-12(16)7-11(15)14-8-4-5-10(17-2)9(13)6-8/h4-6H,3,7H2,1-2H3,(H,14,15). The van der Waals surface area contributed by atoms with Gasteiger partial charge in [-0.3, -0.25) is 9.59 Å². The van der Waals surface area contributed by atoms with Crippen LogP contribution in [0.1, 0.15) is 13.3 Å². The zero-order valence-electron chi connectivity index (χ0n) is 10.2. The first-order chi connectivity index (χ1) is 8.56. The van der Waals surface area contributed by atoms with E-state index in [9.17, 15) is 14.0 Å². The number of methoxy groups -OCH3 is 1. The van der Waals surface area contributed by atoms with Crippen LogP contribution in [0, 0.1) is 5.82 Å². The summed E-state index contributed by atoms with van der Waals surface area (Å²) in [6, 6.07) is 3.97. The van der Waals surface area contributed by atoms with Crippen molar-refractivity contribution >= 4 is 17.6 Å². The van der Waals surface area contributed by atoms with Crippen molar-refractivity contribution in [1.82, 2.24) is 0 Å². The van der Waals surface area contributed by atoms with Crippen LogP contribution < -0.4 is 10.1 Å². The van der Waals surface area contributed by atoms with Crippen LogP contribution in [0.4, 0.5) is 10.1 Å². The Bertz CT molecular complexity index is 448. The van der Waals surface area contributed by atoms with Crippen LogP contribution in [0.25, 0.3) is 0 Å². The highest BCUT2D eigenvalue weighted by atomic mass is 19.1. The van der Waals surface area contributed by atoms with Gasteiger partial charge in [-0.05, 0) is 19.1 Å². The van der Waals surface area contributed by atoms with Gasteiger partial charge < -0.3 is 14.8 Å². The third-order valence-electron chi connectivity index (χ3n) is 2.05. The van der Waals surface area contributed by atoms with Gasteiger partial charge in [-0.25, -0.2) is 4.39 Å². The van der Waals surface area contributed by atoms with Crippen LogP contribution >= 0.6 is 0 Å². The summed E-state index contributed by atoms with van der Waals surface area (Å²) in [4.78, 5) is 22.4. The maximum absolute atomic E-state index is 13.3. The molecule has 1 aromatic carbocycles. The highest BCUT2D eigenvalue weighted by Gasteiger charge is 2.11. The molecule has 6 heteroatoms. The molecule has 0 unspecified atom stereocenters. The first kappa shape index (κ1) is 14.0. The number of carbonyl (C=O) groups excluding carboxylic acids is 2. The number of nitrogens with one attached hydrogen (secondary N) is 1. The molecular weight excluding hydrogens is 241 g/mol. The minimum Gasteiger partial charge on any atom is -0.494 e. The maximum Gasteiger partial charge on any atom is 0.315 e. The Morgan fingerprint density at radius 2 is 2.11 bits per heavy atom. The van der Waals surface area contributed by atoms with E-state index in [1.54, 1.807) is 6.92 Å². The van der Waals surface area contributed by atoms with Gasteiger partial charge in [0.25, 0.3) is 0 Å². The smallest absolute Gasteiger partial charge is 0.315 e. The minimum absolute atomic E-state index is 0.0818. The van der Waals surface area contributed by atoms with Crippen LogP contribution in [0.3, 0.4) is 0 Å².